The molecule has 1 aromatic carbocycles. The molecule has 98 valence electrons. The monoisotopic (exact) mass is 256 g/mol. The van der Waals surface area contributed by atoms with Crippen LogP contribution in [-0.2, 0) is 4.79 Å². The minimum Gasteiger partial charge on any atom is -0.468 e. The summed E-state index contributed by atoms with van der Waals surface area (Å²) in [5.41, 5.74) is 3.11. The molecule has 0 unspecified atom stereocenters. The number of aromatic nitrogens is 1. The van der Waals surface area contributed by atoms with E-state index >= 15 is 0 Å². The molecule has 0 radical (unpaired) electrons. The Kier molecular flexibility index (Phi) is 4.13. The van der Waals surface area contributed by atoms with Crippen LogP contribution in [0.15, 0.2) is 42.6 Å². The van der Waals surface area contributed by atoms with Crippen molar-refractivity contribution < 1.29 is 9.53 Å². The highest BCUT2D eigenvalue weighted by Crippen LogP contribution is 2.14. The van der Waals surface area contributed by atoms with Crippen LogP contribution >= 0.6 is 0 Å². The van der Waals surface area contributed by atoms with Crippen molar-refractivity contribution in [1.82, 2.24) is 4.98 Å². The van der Waals surface area contributed by atoms with Crippen molar-refractivity contribution in [2.45, 2.75) is 13.8 Å². The number of hydrogen-bond donors (Lipinski definition) is 1. The van der Waals surface area contributed by atoms with Gasteiger partial charge in [0.2, 0.25) is 5.88 Å². The van der Waals surface area contributed by atoms with Crippen LogP contribution < -0.4 is 10.1 Å². The maximum absolute atomic E-state index is 11.7. The minimum atomic E-state index is -0.200. The van der Waals surface area contributed by atoms with Crippen molar-refractivity contribution >= 4 is 11.6 Å². The lowest BCUT2D eigenvalue weighted by atomic mass is 10.1. The first-order valence-electron chi connectivity index (χ1n) is 6.06. The molecular formula is C15H16N2O2. The van der Waals surface area contributed by atoms with E-state index in [1.807, 2.05) is 38.1 Å². The van der Waals surface area contributed by atoms with Gasteiger partial charge in [-0.2, -0.15) is 0 Å². The number of anilines is 1. The highest BCUT2D eigenvalue weighted by molar-refractivity contribution is 5.91. The summed E-state index contributed by atoms with van der Waals surface area (Å²) in [6.07, 6.45) is 1.62. The Morgan fingerprint density at radius 2 is 2.05 bits per heavy atom. The molecule has 0 saturated heterocycles. The molecule has 1 amide bonds. The number of hydrogen-bond acceptors (Lipinski definition) is 3. The fourth-order valence-electron chi connectivity index (χ4n) is 1.59. The van der Waals surface area contributed by atoms with Gasteiger partial charge < -0.3 is 10.1 Å². The van der Waals surface area contributed by atoms with E-state index in [0.29, 0.717) is 5.88 Å². The number of ether oxygens (including phenoxy) is 1. The molecule has 1 N–H and O–H groups in total. The van der Waals surface area contributed by atoms with Gasteiger partial charge in [-0.15, -0.1) is 0 Å². The van der Waals surface area contributed by atoms with Gasteiger partial charge in [0.25, 0.3) is 5.91 Å². The quantitative estimate of drug-likeness (QED) is 0.915. The van der Waals surface area contributed by atoms with Crippen LogP contribution in [0.5, 0.6) is 5.88 Å². The first kappa shape index (κ1) is 13.1. The fraction of sp³-hybridized carbons (Fsp3) is 0.200. The van der Waals surface area contributed by atoms with Crippen LogP contribution in [0.1, 0.15) is 11.1 Å². The van der Waals surface area contributed by atoms with Gasteiger partial charge in [-0.3, -0.25) is 4.79 Å². The average molecular weight is 256 g/mol. The number of carbonyl (C=O) groups excluding carboxylic acids is 1. The van der Waals surface area contributed by atoms with E-state index in [-0.39, 0.29) is 12.5 Å². The smallest absolute Gasteiger partial charge is 0.262 e. The molecule has 0 aliphatic carbocycles. The lowest BCUT2D eigenvalue weighted by molar-refractivity contribution is -0.118. The highest BCUT2D eigenvalue weighted by Gasteiger charge is 2.04. The van der Waals surface area contributed by atoms with Gasteiger partial charge in [0.15, 0.2) is 6.61 Å². The number of nitrogens with one attached hydrogen (secondary N) is 1. The first-order chi connectivity index (χ1) is 9.15. The summed E-state index contributed by atoms with van der Waals surface area (Å²) in [7, 11) is 0. The van der Waals surface area contributed by atoms with E-state index < -0.39 is 0 Å². The maximum Gasteiger partial charge on any atom is 0.262 e. The topological polar surface area (TPSA) is 51.2 Å². The summed E-state index contributed by atoms with van der Waals surface area (Å²) >= 11 is 0. The second kappa shape index (κ2) is 6.00. The number of nitrogens with zero attached hydrogens (tertiary/aromatic N) is 1. The molecule has 2 aromatic rings. The van der Waals surface area contributed by atoms with Gasteiger partial charge in [-0.05, 0) is 43.2 Å². The molecule has 0 saturated carbocycles. The molecule has 0 atom stereocenters. The second-order valence-corrected chi connectivity index (χ2v) is 4.30. The van der Waals surface area contributed by atoms with Gasteiger partial charge in [-0.1, -0.05) is 12.1 Å². The number of benzene rings is 1. The maximum atomic E-state index is 11.7. The van der Waals surface area contributed by atoms with E-state index in [9.17, 15) is 4.79 Å². The standard InChI is InChI=1S/C15H16N2O2/c1-11-6-7-13(9-12(11)2)17-14(18)10-19-15-5-3-4-8-16-15/h3-9H,10H2,1-2H3,(H,17,18). The van der Waals surface area contributed by atoms with E-state index in [1.54, 1.807) is 18.3 Å². The molecule has 0 fully saturated rings. The molecule has 0 aliphatic heterocycles. The van der Waals surface area contributed by atoms with Crippen LogP contribution in [0.2, 0.25) is 0 Å². The van der Waals surface area contributed by atoms with Crippen LogP contribution in [0, 0.1) is 13.8 Å². The number of rotatable bonds is 4. The van der Waals surface area contributed by atoms with Gasteiger partial charge in [0, 0.05) is 18.0 Å². The summed E-state index contributed by atoms with van der Waals surface area (Å²) in [4.78, 5) is 15.7. The molecule has 2 rings (SSSR count). The summed E-state index contributed by atoms with van der Waals surface area (Å²) in [5, 5.41) is 2.79. The van der Waals surface area contributed by atoms with Crippen molar-refractivity contribution in [2.75, 3.05) is 11.9 Å². The Morgan fingerprint density at radius 1 is 1.21 bits per heavy atom. The van der Waals surface area contributed by atoms with Crippen LogP contribution in [0.25, 0.3) is 0 Å². The molecule has 0 spiro atoms. The Morgan fingerprint density at radius 3 is 2.74 bits per heavy atom. The second-order valence-electron chi connectivity index (χ2n) is 4.30. The van der Waals surface area contributed by atoms with E-state index in [4.69, 9.17) is 4.74 Å². The average Bonchev–Trinajstić information content (AvgIpc) is 2.42. The summed E-state index contributed by atoms with van der Waals surface area (Å²) < 4.78 is 5.27. The molecule has 0 aliphatic rings. The van der Waals surface area contributed by atoms with Crippen molar-refractivity contribution in [3.63, 3.8) is 0 Å². The van der Waals surface area contributed by atoms with Crippen LogP contribution in [0.3, 0.4) is 0 Å². The molecule has 4 heteroatoms. The third-order valence-electron chi connectivity index (χ3n) is 2.78. The molecule has 1 heterocycles. The number of carbonyl (C=O) groups is 1. The third-order valence-corrected chi connectivity index (χ3v) is 2.78. The summed E-state index contributed by atoms with van der Waals surface area (Å²) in [6, 6.07) is 11.1. The molecule has 4 nitrogen and oxygen atoms in total. The van der Waals surface area contributed by atoms with Gasteiger partial charge in [0.05, 0.1) is 0 Å². The third kappa shape index (κ3) is 3.81. The largest absolute Gasteiger partial charge is 0.468 e. The molecule has 19 heavy (non-hydrogen) atoms. The zero-order valence-electron chi connectivity index (χ0n) is 11.0. The summed E-state index contributed by atoms with van der Waals surface area (Å²) in [6.45, 7) is 3.99. The van der Waals surface area contributed by atoms with Gasteiger partial charge in [0.1, 0.15) is 0 Å². The predicted octanol–water partition coefficient (Wildman–Crippen LogP) is 2.72. The van der Waals surface area contributed by atoms with Gasteiger partial charge in [-0.25, -0.2) is 4.98 Å². The Labute approximate surface area is 112 Å². The zero-order chi connectivity index (χ0) is 13.7. The Bertz CT molecular complexity index is 568. The Balaban J connectivity index is 1.89. The van der Waals surface area contributed by atoms with Crippen molar-refractivity contribution in [3.8, 4) is 5.88 Å². The zero-order valence-corrected chi connectivity index (χ0v) is 11.0. The Hall–Kier alpha value is -2.36. The highest BCUT2D eigenvalue weighted by atomic mass is 16.5. The fourth-order valence-corrected chi connectivity index (χ4v) is 1.59. The number of amides is 1. The lowest BCUT2D eigenvalue weighted by Crippen LogP contribution is -2.20. The van der Waals surface area contributed by atoms with Crippen molar-refractivity contribution in [1.29, 1.82) is 0 Å². The number of aryl methyl sites for hydroxylation is 2. The van der Waals surface area contributed by atoms with Crippen LogP contribution in [-0.4, -0.2) is 17.5 Å². The van der Waals surface area contributed by atoms with E-state index in [2.05, 4.69) is 10.3 Å². The minimum absolute atomic E-state index is 0.0516. The number of pyridine rings is 1. The molecule has 1 aromatic heterocycles. The SMILES string of the molecule is Cc1ccc(NC(=O)COc2ccccn2)cc1C. The lowest BCUT2D eigenvalue weighted by Gasteiger charge is -2.08. The summed E-state index contributed by atoms with van der Waals surface area (Å²) in [5.74, 6) is 0.242. The van der Waals surface area contributed by atoms with Crippen molar-refractivity contribution in [2.24, 2.45) is 0 Å². The van der Waals surface area contributed by atoms with Crippen LogP contribution in [0.4, 0.5) is 5.69 Å². The van der Waals surface area contributed by atoms with E-state index in [1.165, 1.54) is 5.56 Å². The molecular weight excluding hydrogens is 240 g/mol. The van der Waals surface area contributed by atoms with Crippen molar-refractivity contribution in [3.05, 3.63) is 53.7 Å². The van der Waals surface area contributed by atoms with E-state index in [0.717, 1.165) is 11.3 Å². The molecule has 0 bridgehead atoms. The normalized spacial score (nSPS) is 10.0. The van der Waals surface area contributed by atoms with Gasteiger partial charge >= 0.3 is 0 Å². The predicted molar refractivity (Wildman–Crippen MR) is 74.3 cm³/mol. The first-order valence-corrected chi connectivity index (χ1v) is 6.06.